The van der Waals surface area contributed by atoms with Gasteiger partial charge in [0.15, 0.2) is 0 Å². The molecule has 2 unspecified atom stereocenters. The highest BCUT2D eigenvalue weighted by molar-refractivity contribution is 8.02. The zero-order valence-electron chi connectivity index (χ0n) is 22.4. The number of carboxylic acids is 1. The van der Waals surface area contributed by atoms with Crippen LogP contribution in [0.1, 0.15) is 74.1 Å². The highest BCUT2D eigenvalue weighted by atomic mass is 32.2. The quantitative estimate of drug-likeness (QED) is 0.436. The van der Waals surface area contributed by atoms with Gasteiger partial charge in [0.05, 0.1) is 29.2 Å². The number of likely N-dealkylation sites (tertiary alicyclic amines) is 1. The van der Waals surface area contributed by atoms with Crippen LogP contribution in [0.25, 0.3) is 0 Å². The van der Waals surface area contributed by atoms with E-state index in [9.17, 15) is 24.6 Å². The molecule has 0 aromatic carbocycles. The Kier molecular flexibility index (Phi) is 7.79. The van der Waals surface area contributed by atoms with Crippen LogP contribution in [0.2, 0.25) is 0 Å². The molecule has 0 saturated carbocycles. The molecule has 0 aliphatic carbocycles. The summed E-state index contributed by atoms with van der Waals surface area (Å²) < 4.78 is -0.774. The predicted molar refractivity (Wildman–Crippen MR) is 139 cm³/mol. The van der Waals surface area contributed by atoms with Crippen molar-refractivity contribution < 1.29 is 24.6 Å². The molecule has 3 rings (SSSR count). The summed E-state index contributed by atoms with van der Waals surface area (Å²) in [6, 6.07) is -1.32. The van der Waals surface area contributed by atoms with E-state index in [2.05, 4.69) is 27.4 Å². The first-order valence-electron chi connectivity index (χ1n) is 12.9. The van der Waals surface area contributed by atoms with E-state index in [0.717, 1.165) is 6.42 Å². The molecule has 1 spiro atoms. The molecule has 6 atom stereocenters. The first-order chi connectivity index (χ1) is 16.1. The Hall–Kier alpha value is -1.54. The Bertz CT molecular complexity index is 866. The van der Waals surface area contributed by atoms with Gasteiger partial charge in [-0.25, -0.2) is 0 Å². The van der Waals surface area contributed by atoms with Gasteiger partial charge in [-0.1, -0.05) is 40.7 Å². The summed E-state index contributed by atoms with van der Waals surface area (Å²) in [4.78, 5) is 44.3. The van der Waals surface area contributed by atoms with E-state index in [4.69, 9.17) is 0 Å². The number of carboxylic acid groups (broad SMARTS) is 1. The monoisotopic (exact) mass is 508 g/mol. The van der Waals surface area contributed by atoms with Crippen LogP contribution in [0.4, 0.5) is 0 Å². The van der Waals surface area contributed by atoms with E-state index in [0.29, 0.717) is 25.8 Å². The lowest BCUT2D eigenvalue weighted by atomic mass is 9.71. The zero-order chi connectivity index (χ0) is 26.5. The first kappa shape index (κ1) is 28.0. The minimum absolute atomic E-state index is 0.0323. The number of nitrogens with zero attached hydrogens (tertiary/aromatic N) is 2. The third-order valence-corrected chi connectivity index (χ3v) is 9.83. The van der Waals surface area contributed by atoms with Crippen molar-refractivity contribution in [3.05, 3.63) is 12.7 Å². The molecule has 35 heavy (non-hydrogen) atoms. The van der Waals surface area contributed by atoms with Gasteiger partial charge in [-0.3, -0.25) is 14.4 Å². The molecule has 3 heterocycles. The maximum Gasteiger partial charge on any atom is 0.308 e. The van der Waals surface area contributed by atoms with Crippen molar-refractivity contribution in [3.63, 3.8) is 0 Å². The molecule has 3 aliphatic heterocycles. The van der Waals surface area contributed by atoms with Gasteiger partial charge in [0, 0.05) is 17.3 Å². The number of fused-ring (bicyclic) bond motifs is 1. The second kappa shape index (κ2) is 9.73. The van der Waals surface area contributed by atoms with E-state index in [1.54, 1.807) is 11.0 Å². The Morgan fingerprint density at radius 2 is 1.91 bits per heavy atom. The molecular formula is C27H44N2O5S. The number of carbonyl (C=O) groups excluding carboxylic acids is 2. The third kappa shape index (κ3) is 4.89. The molecule has 8 heteroatoms. The number of aliphatic carboxylic acids is 1. The van der Waals surface area contributed by atoms with Gasteiger partial charge >= 0.3 is 5.97 Å². The fourth-order valence-electron chi connectivity index (χ4n) is 7.17. The predicted octanol–water partition coefficient (Wildman–Crippen LogP) is 3.80. The normalized spacial score (nSPS) is 31.1. The minimum atomic E-state index is -0.962. The fraction of sp³-hybridized carbons (Fsp3) is 0.815. The number of carbonyl (C=O) groups is 3. The van der Waals surface area contributed by atoms with Gasteiger partial charge in [-0.05, 0) is 50.9 Å². The van der Waals surface area contributed by atoms with Crippen LogP contribution in [0.5, 0.6) is 0 Å². The molecule has 2 amide bonds. The Morgan fingerprint density at radius 1 is 1.29 bits per heavy atom. The van der Waals surface area contributed by atoms with Gasteiger partial charge < -0.3 is 20.0 Å². The molecule has 7 nitrogen and oxygen atoms in total. The van der Waals surface area contributed by atoms with Crippen molar-refractivity contribution in [2.45, 2.75) is 102 Å². The van der Waals surface area contributed by atoms with Crippen molar-refractivity contribution in [2.24, 2.45) is 23.2 Å². The van der Waals surface area contributed by atoms with E-state index < -0.39 is 40.2 Å². The standard InChI is InChI=1S/C27H44N2O5S/c1-9-12-28(26(7,8)15-25(4,5)6)23(32)21-27-11-10-18(35-27)19(24(33)34)20(27)22(31)29(21)17(14-30)13-16(2)3/h9,16-21,30H,1,10-15H2,2-8H3,(H,33,34)/t17-,18-,19+,20+,21?,27?/m1/s1. The van der Waals surface area contributed by atoms with Gasteiger partial charge in [0.1, 0.15) is 6.04 Å². The largest absolute Gasteiger partial charge is 0.481 e. The minimum Gasteiger partial charge on any atom is -0.481 e. The molecule has 198 valence electrons. The van der Waals surface area contributed by atoms with Crippen LogP contribution in [-0.4, -0.2) is 78.6 Å². The lowest BCUT2D eigenvalue weighted by Gasteiger charge is -2.46. The Labute approximate surface area is 214 Å². The van der Waals surface area contributed by atoms with Crippen LogP contribution >= 0.6 is 11.8 Å². The highest BCUT2D eigenvalue weighted by Crippen LogP contribution is 2.67. The first-order valence-corrected chi connectivity index (χ1v) is 13.8. The number of rotatable bonds is 10. The SMILES string of the molecule is C=CCN(C(=O)C1N([C@@H](CO)CC(C)C)C(=O)[C@@H]2[C@@H](C(=O)O)[C@H]3CCC12S3)C(C)(C)CC(C)(C)C. The van der Waals surface area contributed by atoms with E-state index in [1.165, 1.54) is 11.8 Å². The summed E-state index contributed by atoms with van der Waals surface area (Å²) in [6.07, 6.45) is 4.34. The molecular weight excluding hydrogens is 464 g/mol. The van der Waals surface area contributed by atoms with Crippen LogP contribution in [0.3, 0.4) is 0 Å². The van der Waals surface area contributed by atoms with Crippen LogP contribution in [0.15, 0.2) is 12.7 Å². The molecule has 3 saturated heterocycles. The average molecular weight is 509 g/mol. The molecule has 2 N–H and O–H groups in total. The van der Waals surface area contributed by atoms with Crippen molar-refractivity contribution in [2.75, 3.05) is 13.2 Å². The molecule has 0 aromatic rings. The molecule has 0 aromatic heterocycles. The summed E-state index contributed by atoms with van der Waals surface area (Å²) >= 11 is 1.54. The van der Waals surface area contributed by atoms with Gasteiger partial charge in [0.2, 0.25) is 11.8 Å². The number of aliphatic hydroxyl groups is 1. The smallest absolute Gasteiger partial charge is 0.308 e. The number of aliphatic hydroxyl groups excluding tert-OH is 1. The van der Waals surface area contributed by atoms with Crippen LogP contribution in [0, 0.1) is 23.2 Å². The second-order valence-electron chi connectivity index (χ2n) is 12.9. The number of amides is 2. The number of thioether (sulfide) groups is 1. The van der Waals surface area contributed by atoms with Crippen LogP contribution < -0.4 is 0 Å². The molecule has 3 aliphatic rings. The molecule has 0 radical (unpaired) electrons. The van der Waals surface area contributed by atoms with E-state index >= 15 is 0 Å². The number of hydrogen-bond donors (Lipinski definition) is 2. The summed E-state index contributed by atoms with van der Waals surface area (Å²) in [7, 11) is 0. The van der Waals surface area contributed by atoms with Gasteiger partial charge in [-0.2, -0.15) is 0 Å². The Morgan fingerprint density at radius 3 is 2.40 bits per heavy atom. The topological polar surface area (TPSA) is 98.2 Å². The fourth-order valence-corrected chi connectivity index (χ4v) is 9.36. The second-order valence-corrected chi connectivity index (χ2v) is 14.5. The average Bonchev–Trinajstić information content (AvgIpc) is 3.35. The van der Waals surface area contributed by atoms with Crippen molar-refractivity contribution in [1.82, 2.24) is 9.80 Å². The van der Waals surface area contributed by atoms with Crippen LogP contribution in [-0.2, 0) is 14.4 Å². The molecule has 3 fully saturated rings. The summed E-state index contributed by atoms with van der Waals surface area (Å²) in [6.45, 7) is 18.5. The van der Waals surface area contributed by atoms with E-state index in [1.807, 2.05) is 32.6 Å². The van der Waals surface area contributed by atoms with Gasteiger partial charge in [0.25, 0.3) is 0 Å². The Balaban J connectivity index is 2.13. The number of hydrogen-bond acceptors (Lipinski definition) is 5. The summed E-state index contributed by atoms with van der Waals surface area (Å²) in [5.74, 6) is -2.73. The van der Waals surface area contributed by atoms with E-state index in [-0.39, 0.29) is 35.0 Å². The lowest BCUT2D eigenvalue weighted by molar-refractivity contribution is -0.151. The van der Waals surface area contributed by atoms with Gasteiger partial charge in [-0.15, -0.1) is 18.3 Å². The lowest BCUT2D eigenvalue weighted by Crippen LogP contribution is -2.61. The van der Waals surface area contributed by atoms with Crippen molar-refractivity contribution in [3.8, 4) is 0 Å². The highest BCUT2D eigenvalue weighted by Gasteiger charge is 2.74. The zero-order valence-corrected chi connectivity index (χ0v) is 23.2. The maximum absolute atomic E-state index is 14.6. The molecule has 2 bridgehead atoms. The van der Waals surface area contributed by atoms with Crippen molar-refractivity contribution >= 4 is 29.5 Å². The summed E-state index contributed by atoms with van der Waals surface area (Å²) in [5, 5.41) is 20.3. The van der Waals surface area contributed by atoms with Crippen molar-refractivity contribution in [1.29, 1.82) is 0 Å². The summed E-state index contributed by atoms with van der Waals surface area (Å²) in [5.41, 5.74) is -0.539. The maximum atomic E-state index is 14.6. The third-order valence-electron chi connectivity index (χ3n) is 7.88.